The number of urea groups is 1. The Hall–Kier alpha value is -4.01. The molecule has 9 heteroatoms. The van der Waals surface area contributed by atoms with Crippen LogP contribution in [0.5, 0.6) is 0 Å². The van der Waals surface area contributed by atoms with Crippen LogP contribution in [-0.2, 0) is 19.1 Å². The molecule has 0 radical (unpaired) electrons. The molecule has 0 atom stereocenters. The van der Waals surface area contributed by atoms with Crippen LogP contribution in [0, 0.1) is 6.92 Å². The molecule has 0 saturated heterocycles. The number of anilines is 3. The van der Waals surface area contributed by atoms with Crippen LogP contribution in [0.15, 0.2) is 60.9 Å². The molecule has 34 heavy (non-hydrogen) atoms. The van der Waals surface area contributed by atoms with E-state index >= 15 is 0 Å². The number of hydrogen-bond acceptors (Lipinski definition) is 3. The number of aromatic nitrogens is 2. The van der Waals surface area contributed by atoms with Gasteiger partial charge in [0.25, 0.3) is 0 Å². The summed E-state index contributed by atoms with van der Waals surface area (Å²) in [6, 6.07) is 12.5. The van der Waals surface area contributed by atoms with Gasteiger partial charge >= 0.3 is 12.2 Å². The third-order valence-corrected chi connectivity index (χ3v) is 6.01. The number of fused-ring (bicyclic) bond motifs is 2. The van der Waals surface area contributed by atoms with E-state index in [1.807, 2.05) is 30.5 Å². The van der Waals surface area contributed by atoms with Crippen LogP contribution in [0.4, 0.5) is 35.0 Å². The summed E-state index contributed by atoms with van der Waals surface area (Å²) in [5.74, 6) is 0. The third-order valence-electron chi connectivity index (χ3n) is 6.01. The van der Waals surface area contributed by atoms with Crippen molar-refractivity contribution in [1.82, 2.24) is 9.97 Å². The molecule has 2 aromatic carbocycles. The molecular formula is C25H22F3N5O. The van der Waals surface area contributed by atoms with E-state index in [1.54, 1.807) is 19.2 Å². The summed E-state index contributed by atoms with van der Waals surface area (Å²) < 4.78 is 40.1. The van der Waals surface area contributed by atoms with E-state index in [1.165, 1.54) is 12.1 Å². The number of aryl methyl sites for hydroxylation is 1. The van der Waals surface area contributed by atoms with Gasteiger partial charge in [-0.3, -0.25) is 0 Å². The lowest BCUT2D eigenvalue weighted by atomic mass is 10.1. The molecule has 2 amide bonds. The number of carbonyl (C=O) groups is 1. The summed E-state index contributed by atoms with van der Waals surface area (Å²) >= 11 is 0. The number of rotatable bonds is 4. The Bertz CT molecular complexity index is 1380. The molecule has 2 aromatic heterocycles. The number of pyridine rings is 1. The zero-order chi connectivity index (χ0) is 23.9. The SMILES string of the molecule is Cc1ccc(C(F)(F)F)c(NC(=O)Nc2cccc3c2CCN3Cc2ccnc3[nH]ccc23)c1. The number of halogens is 3. The minimum atomic E-state index is -4.57. The van der Waals surface area contributed by atoms with Gasteiger partial charge in [-0.1, -0.05) is 12.1 Å². The van der Waals surface area contributed by atoms with Crippen molar-refractivity contribution in [2.75, 3.05) is 22.1 Å². The Labute approximate surface area is 193 Å². The van der Waals surface area contributed by atoms with Crippen LogP contribution in [0.3, 0.4) is 0 Å². The summed E-state index contributed by atoms with van der Waals surface area (Å²) in [5, 5.41) is 6.17. The van der Waals surface area contributed by atoms with Gasteiger partial charge < -0.3 is 20.5 Å². The molecule has 0 aliphatic carbocycles. The lowest BCUT2D eigenvalue weighted by Gasteiger charge is -2.20. The minimum Gasteiger partial charge on any atom is -0.367 e. The lowest BCUT2D eigenvalue weighted by molar-refractivity contribution is -0.136. The largest absolute Gasteiger partial charge is 0.418 e. The molecular weight excluding hydrogens is 443 g/mol. The summed E-state index contributed by atoms with van der Waals surface area (Å²) in [7, 11) is 0. The van der Waals surface area contributed by atoms with Crippen molar-refractivity contribution in [3.8, 4) is 0 Å². The Morgan fingerprint density at radius 2 is 1.94 bits per heavy atom. The second-order valence-electron chi connectivity index (χ2n) is 8.31. The van der Waals surface area contributed by atoms with E-state index in [2.05, 4.69) is 25.5 Å². The van der Waals surface area contributed by atoms with Crippen molar-refractivity contribution < 1.29 is 18.0 Å². The number of alkyl halides is 3. The van der Waals surface area contributed by atoms with Crippen molar-refractivity contribution >= 4 is 34.1 Å². The van der Waals surface area contributed by atoms with E-state index in [0.717, 1.165) is 40.5 Å². The fourth-order valence-corrected chi connectivity index (χ4v) is 4.43. The fraction of sp³-hybridized carbons (Fsp3) is 0.200. The van der Waals surface area contributed by atoms with Gasteiger partial charge in [0, 0.05) is 47.8 Å². The van der Waals surface area contributed by atoms with E-state index in [0.29, 0.717) is 24.2 Å². The number of amides is 2. The van der Waals surface area contributed by atoms with Crippen LogP contribution in [0.1, 0.15) is 22.3 Å². The standard InChI is InChI=1S/C25H22F3N5O/c1-15-5-6-19(25(26,27)28)21(13-15)32-24(34)31-20-3-2-4-22-18(20)9-12-33(22)14-16-7-10-29-23-17(16)8-11-30-23/h2-8,10-11,13H,9,12,14H2,1H3,(H,29,30)(H2,31,32,34). The number of nitrogens with zero attached hydrogens (tertiary/aromatic N) is 2. The number of carbonyl (C=O) groups excluding carboxylic acids is 1. The van der Waals surface area contributed by atoms with E-state index in [-0.39, 0.29) is 5.69 Å². The molecule has 0 fully saturated rings. The van der Waals surface area contributed by atoms with Gasteiger partial charge in [-0.15, -0.1) is 0 Å². The molecule has 4 aromatic rings. The Balaban J connectivity index is 1.35. The maximum Gasteiger partial charge on any atom is 0.418 e. The molecule has 0 spiro atoms. The Morgan fingerprint density at radius 1 is 1.12 bits per heavy atom. The second kappa shape index (κ2) is 8.40. The highest BCUT2D eigenvalue weighted by atomic mass is 19.4. The summed E-state index contributed by atoms with van der Waals surface area (Å²) in [4.78, 5) is 22.3. The van der Waals surface area contributed by atoms with Gasteiger partial charge in [0.1, 0.15) is 5.65 Å². The quantitative estimate of drug-likeness (QED) is 0.341. The summed E-state index contributed by atoms with van der Waals surface area (Å²) in [6.45, 7) is 3.11. The average Bonchev–Trinajstić information content (AvgIpc) is 3.41. The van der Waals surface area contributed by atoms with Gasteiger partial charge in [0.2, 0.25) is 0 Å². The molecule has 0 unspecified atom stereocenters. The molecule has 1 aliphatic heterocycles. The normalized spacial score (nSPS) is 13.2. The predicted molar refractivity (Wildman–Crippen MR) is 126 cm³/mol. The highest BCUT2D eigenvalue weighted by molar-refractivity contribution is 6.01. The average molecular weight is 465 g/mol. The van der Waals surface area contributed by atoms with Crippen LogP contribution >= 0.6 is 0 Å². The smallest absolute Gasteiger partial charge is 0.367 e. The molecule has 174 valence electrons. The molecule has 0 bridgehead atoms. The number of nitrogens with one attached hydrogen (secondary N) is 3. The highest BCUT2D eigenvalue weighted by Gasteiger charge is 2.34. The first-order chi connectivity index (χ1) is 16.3. The molecule has 3 N–H and O–H groups in total. The van der Waals surface area contributed by atoms with Crippen molar-refractivity contribution in [2.45, 2.75) is 26.1 Å². The summed E-state index contributed by atoms with van der Waals surface area (Å²) in [6.07, 6.45) is -0.222. The second-order valence-corrected chi connectivity index (χ2v) is 8.31. The topological polar surface area (TPSA) is 73.1 Å². The highest BCUT2D eigenvalue weighted by Crippen LogP contribution is 2.37. The third kappa shape index (κ3) is 4.16. The zero-order valence-electron chi connectivity index (χ0n) is 18.3. The predicted octanol–water partition coefficient (Wildman–Crippen LogP) is 6.10. The number of benzene rings is 2. The Morgan fingerprint density at radius 3 is 2.76 bits per heavy atom. The van der Waals surface area contributed by atoms with Crippen LogP contribution in [0.25, 0.3) is 11.0 Å². The maximum atomic E-state index is 13.4. The maximum absolute atomic E-state index is 13.4. The molecule has 1 aliphatic rings. The first-order valence-electron chi connectivity index (χ1n) is 10.8. The monoisotopic (exact) mass is 465 g/mol. The first-order valence-corrected chi connectivity index (χ1v) is 10.8. The zero-order valence-corrected chi connectivity index (χ0v) is 18.3. The molecule has 3 heterocycles. The van der Waals surface area contributed by atoms with Crippen molar-refractivity contribution in [3.63, 3.8) is 0 Å². The van der Waals surface area contributed by atoms with Gasteiger partial charge in [0.05, 0.1) is 11.3 Å². The number of H-pyrrole nitrogens is 1. The fourth-order valence-electron chi connectivity index (χ4n) is 4.43. The van der Waals surface area contributed by atoms with E-state index in [4.69, 9.17) is 0 Å². The van der Waals surface area contributed by atoms with Crippen molar-refractivity contribution in [2.24, 2.45) is 0 Å². The summed E-state index contributed by atoms with van der Waals surface area (Å²) in [5.41, 5.74) is 3.96. The van der Waals surface area contributed by atoms with Gasteiger partial charge in [0.15, 0.2) is 0 Å². The first kappa shape index (κ1) is 21.8. The number of aromatic amines is 1. The van der Waals surface area contributed by atoms with Gasteiger partial charge in [-0.25, -0.2) is 9.78 Å². The lowest BCUT2D eigenvalue weighted by Crippen LogP contribution is -2.22. The molecule has 0 saturated carbocycles. The van der Waals surface area contributed by atoms with Crippen molar-refractivity contribution in [3.05, 3.63) is 83.2 Å². The van der Waals surface area contributed by atoms with Crippen LogP contribution in [0.2, 0.25) is 0 Å². The minimum absolute atomic E-state index is 0.271. The Kier molecular flexibility index (Phi) is 5.39. The van der Waals surface area contributed by atoms with Crippen molar-refractivity contribution in [1.29, 1.82) is 0 Å². The van der Waals surface area contributed by atoms with Gasteiger partial charge in [-0.05, 0) is 60.9 Å². The van der Waals surface area contributed by atoms with E-state index < -0.39 is 17.8 Å². The molecule has 5 rings (SSSR count). The van der Waals surface area contributed by atoms with E-state index in [9.17, 15) is 18.0 Å². The van der Waals surface area contributed by atoms with Gasteiger partial charge in [-0.2, -0.15) is 13.2 Å². The van der Waals surface area contributed by atoms with Crippen LogP contribution < -0.4 is 15.5 Å². The number of hydrogen-bond donors (Lipinski definition) is 3. The van der Waals surface area contributed by atoms with Crippen LogP contribution in [-0.4, -0.2) is 22.5 Å². The molecule has 6 nitrogen and oxygen atoms in total.